The van der Waals surface area contributed by atoms with Crippen molar-refractivity contribution in [1.82, 2.24) is 10.6 Å². The van der Waals surface area contributed by atoms with Crippen LogP contribution in [-0.2, 0) is 9.63 Å². The number of rotatable bonds is 5. The summed E-state index contributed by atoms with van der Waals surface area (Å²) in [5.41, 5.74) is 0. The molecule has 8 nitrogen and oxygen atoms in total. The molecule has 1 aliphatic rings. The number of carbonyl (C=O) groups excluding carboxylic acids is 2. The van der Waals surface area contributed by atoms with Gasteiger partial charge in [0.05, 0.1) is 0 Å². The third-order valence-electron chi connectivity index (χ3n) is 1.92. The van der Waals surface area contributed by atoms with Crippen LogP contribution in [0.5, 0.6) is 0 Å². The number of hydrogen-bond acceptors (Lipinski definition) is 6. The van der Waals surface area contributed by atoms with Crippen LogP contribution in [0.3, 0.4) is 0 Å². The van der Waals surface area contributed by atoms with E-state index in [4.69, 9.17) is 0 Å². The number of amides is 2. The Morgan fingerprint density at radius 2 is 2.44 bits per heavy atom. The van der Waals surface area contributed by atoms with Gasteiger partial charge in [0, 0.05) is 11.8 Å². The van der Waals surface area contributed by atoms with Gasteiger partial charge < -0.3 is 15.5 Å². The molecule has 2 atom stereocenters. The lowest BCUT2D eigenvalue weighted by molar-refractivity contribution is -0.757. The van der Waals surface area contributed by atoms with E-state index in [-0.39, 0.29) is 29.5 Å². The lowest BCUT2D eigenvalue weighted by Gasteiger charge is -2.13. The molecule has 1 heterocycles. The van der Waals surface area contributed by atoms with E-state index in [2.05, 4.69) is 15.5 Å². The molecule has 2 amide bonds. The summed E-state index contributed by atoms with van der Waals surface area (Å²) in [5, 5.41) is 13.4. The zero-order valence-corrected chi connectivity index (χ0v) is 9.28. The van der Waals surface area contributed by atoms with Crippen LogP contribution in [0.25, 0.3) is 0 Å². The molecule has 9 heteroatoms. The molecule has 0 unspecified atom stereocenters. The van der Waals surface area contributed by atoms with Crippen molar-refractivity contribution in [3.8, 4) is 0 Å². The fraction of sp³-hybridized carbons (Fsp3) is 0.714. The standard InChI is InChI=1S/C7H11N3O5S/c1-4-5(9-7(12)16-4)6(11)8-2-3-15-10(13)14/h4-5H,2-3H2,1H3,(H,8,11)(H,9,12)/t4-,5+/m1/s1. The van der Waals surface area contributed by atoms with Gasteiger partial charge in [-0.25, -0.2) is 0 Å². The fourth-order valence-electron chi connectivity index (χ4n) is 1.20. The molecule has 0 spiro atoms. The Balaban J connectivity index is 2.25. The maximum atomic E-state index is 11.5. The number of hydrogen-bond donors (Lipinski definition) is 2. The summed E-state index contributed by atoms with van der Waals surface area (Å²) in [4.78, 5) is 36.3. The van der Waals surface area contributed by atoms with Gasteiger partial charge in [0.2, 0.25) is 5.91 Å². The molecule has 0 aromatic carbocycles. The highest BCUT2D eigenvalue weighted by molar-refractivity contribution is 8.14. The second-order valence-electron chi connectivity index (χ2n) is 3.08. The van der Waals surface area contributed by atoms with Gasteiger partial charge in [-0.15, -0.1) is 10.1 Å². The first-order chi connectivity index (χ1) is 7.50. The molecule has 0 bridgehead atoms. The number of nitrogens with zero attached hydrogens (tertiary/aromatic N) is 1. The van der Waals surface area contributed by atoms with Gasteiger partial charge in [0.25, 0.3) is 10.3 Å². The van der Waals surface area contributed by atoms with Crippen molar-refractivity contribution < 1.29 is 19.5 Å². The van der Waals surface area contributed by atoms with Crippen molar-refractivity contribution in [3.63, 3.8) is 0 Å². The first-order valence-electron chi connectivity index (χ1n) is 4.53. The second-order valence-corrected chi connectivity index (χ2v) is 4.43. The van der Waals surface area contributed by atoms with Crippen LogP contribution in [0, 0.1) is 10.1 Å². The van der Waals surface area contributed by atoms with Crippen molar-refractivity contribution in [1.29, 1.82) is 0 Å². The quantitative estimate of drug-likeness (QED) is 0.387. The highest BCUT2D eigenvalue weighted by Crippen LogP contribution is 2.22. The van der Waals surface area contributed by atoms with Crippen molar-refractivity contribution >= 4 is 22.9 Å². The molecule has 1 aliphatic heterocycles. The van der Waals surface area contributed by atoms with Crippen molar-refractivity contribution in [3.05, 3.63) is 10.1 Å². The third kappa shape index (κ3) is 3.57. The average molecular weight is 249 g/mol. The Bertz CT molecular complexity index is 310. The summed E-state index contributed by atoms with van der Waals surface area (Å²) in [6, 6.07) is -0.590. The van der Waals surface area contributed by atoms with Crippen LogP contribution in [-0.4, -0.2) is 40.7 Å². The molecule has 1 rings (SSSR count). The normalized spacial score (nSPS) is 23.7. The zero-order valence-electron chi connectivity index (χ0n) is 8.47. The van der Waals surface area contributed by atoms with Crippen molar-refractivity contribution in [2.45, 2.75) is 18.2 Å². The van der Waals surface area contributed by atoms with Crippen molar-refractivity contribution in [2.75, 3.05) is 13.2 Å². The summed E-state index contributed by atoms with van der Waals surface area (Å²) >= 11 is 1.05. The topological polar surface area (TPSA) is 111 Å². The van der Waals surface area contributed by atoms with Gasteiger partial charge in [-0.3, -0.25) is 9.59 Å². The van der Waals surface area contributed by atoms with E-state index in [0.29, 0.717) is 0 Å². The summed E-state index contributed by atoms with van der Waals surface area (Å²) < 4.78 is 0. The van der Waals surface area contributed by atoms with E-state index in [1.165, 1.54) is 0 Å². The van der Waals surface area contributed by atoms with Gasteiger partial charge in [-0.2, -0.15) is 0 Å². The summed E-state index contributed by atoms with van der Waals surface area (Å²) in [6.07, 6.45) is 0. The zero-order chi connectivity index (χ0) is 12.1. The SMILES string of the molecule is C[C@H]1SC(=O)N[C@@H]1C(=O)NCCO[N+](=O)[O-]. The Morgan fingerprint density at radius 1 is 1.75 bits per heavy atom. The Hall–Kier alpha value is -1.51. The molecule has 0 aliphatic carbocycles. The lowest BCUT2D eigenvalue weighted by Crippen LogP contribution is -2.46. The van der Waals surface area contributed by atoms with Crippen LogP contribution < -0.4 is 10.6 Å². The van der Waals surface area contributed by atoms with Gasteiger partial charge in [-0.1, -0.05) is 18.7 Å². The van der Waals surface area contributed by atoms with E-state index in [9.17, 15) is 19.7 Å². The molecule has 0 aromatic rings. The van der Waals surface area contributed by atoms with Crippen LogP contribution in [0.1, 0.15) is 6.92 Å². The summed E-state index contributed by atoms with van der Waals surface area (Å²) in [5.74, 6) is -0.363. The Morgan fingerprint density at radius 3 is 2.94 bits per heavy atom. The molecular formula is C7H11N3O5S. The van der Waals surface area contributed by atoms with Crippen LogP contribution in [0.15, 0.2) is 0 Å². The fourth-order valence-corrected chi connectivity index (χ4v) is 2.06. The van der Waals surface area contributed by atoms with Crippen LogP contribution in [0.2, 0.25) is 0 Å². The van der Waals surface area contributed by atoms with E-state index in [1.54, 1.807) is 6.92 Å². The molecule has 0 aromatic heterocycles. The Kier molecular flexibility index (Phi) is 4.35. The maximum absolute atomic E-state index is 11.5. The summed E-state index contributed by atoms with van der Waals surface area (Å²) in [7, 11) is 0. The Labute approximate surface area is 95.2 Å². The number of nitrogens with one attached hydrogen (secondary N) is 2. The number of carbonyl (C=O) groups is 2. The van der Waals surface area contributed by atoms with Gasteiger partial charge in [-0.05, 0) is 0 Å². The van der Waals surface area contributed by atoms with Crippen molar-refractivity contribution in [2.24, 2.45) is 0 Å². The smallest absolute Gasteiger partial charge is 0.294 e. The van der Waals surface area contributed by atoms with E-state index in [0.717, 1.165) is 11.8 Å². The van der Waals surface area contributed by atoms with Gasteiger partial charge in [0.1, 0.15) is 12.6 Å². The molecule has 0 saturated carbocycles. The predicted molar refractivity (Wildman–Crippen MR) is 55.3 cm³/mol. The lowest BCUT2D eigenvalue weighted by atomic mass is 10.2. The third-order valence-corrected chi connectivity index (χ3v) is 2.89. The van der Waals surface area contributed by atoms with Crippen LogP contribution >= 0.6 is 11.8 Å². The molecule has 0 radical (unpaired) electrons. The molecular weight excluding hydrogens is 238 g/mol. The monoisotopic (exact) mass is 249 g/mol. The number of thioether (sulfide) groups is 1. The van der Waals surface area contributed by atoms with E-state index < -0.39 is 11.1 Å². The molecule has 1 saturated heterocycles. The summed E-state index contributed by atoms with van der Waals surface area (Å²) in [6.45, 7) is 1.57. The van der Waals surface area contributed by atoms with E-state index >= 15 is 0 Å². The van der Waals surface area contributed by atoms with Gasteiger partial charge in [0.15, 0.2) is 0 Å². The largest absolute Gasteiger partial charge is 0.352 e. The van der Waals surface area contributed by atoms with Crippen LogP contribution in [0.4, 0.5) is 4.79 Å². The minimum absolute atomic E-state index is 0.0313. The highest BCUT2D eigenvalue weighted by Gasteiger charge is 2.34. The minimum Gasteiger partial charge on any atom is -0.352 e. The average Bonchev–Trinajstić information content (AvgIpc) is 2.52. The first-order valence-corrected chi connectivity index (χ1v) is 5.41. The molecule has 90 valence electrons. The first kappa shape index (κ1) is 12.6. The molecule has 16 heavy (non-hydrogen) atoms. The predicted octanol–water partition coefficient (Wildman–Crippen LogP) is -0.476. The minimum atomic E-state index is -0.929. The highest BCUT2D eigenvalue weighted by atomic mass is 32.2. The van der Waals surface area contributed by atoms with Gasteiger partial charge >= 0.3 is 0 Å². The second kappa shape index (κ2) is 5.54. The molecule has 2 N–H and O–H groups in total. The molecule has 1 fully saturated rings. The van der Waals surface area contributed by atoms with E-state index in [1.807, 2.05) is 0 Å². The maximum Gasteiger partial charge on any atom is 0.294 e.